The summed E-state index contributed by atoms with van der Waals surface area (Å²) in [7, 11) is 0. The lowest BCUT2D eigenvalue weighted by molar-refractivity contribution is -0.369. The second-order valence-corrected chi connectivity index (χ2v) is 1.82. The topological polar surface area (TPSA) is 36.9 Å². The molecule has 0 bridgehead atoms. The highest BCUT2D eigenvalue weighted by Gasteiger charge is 1.83. The van der Waals surface area contributed by atoms with Gasteiger partial charge in [0.1, 0.15) is 0 Å². The number of ether oxygens (including phenoxy) is 1. The maximum absolute atomic E-state index is 5.18. The van der Waals surface area contributed by atoms with Crippen molar-refractivity contribution in [1.82, 2.24) is 0 Å². The SMILES string of the molecule is CCCOCCC[NH3+]. The van der Waals surface area contributed by atoms with Crippen LogP contribution in [-0.4, -0.2) is 19.8 Å². The largest absolute Gasteiger partial charge is 0.381 e. The predicted molar refractivity (Wildman–Crippen MR) is 33.5 cm³/mol. The molecule has 0 heterocycles. The number of rotatable bonds is 5. The standard InChI is InChI=1S/C6H15NO/c1-2-5-8-6-3-4-7/h2-7H2,1H3/p+1. The van der Waals surface area contributed by atoms with E-state index in [0.29, 0.717) is 0 Å². The highest BCUT2D eigenvalue weighted by Crippen LogP contribution is 1.81. The van der Waals surface area contributed by atoms with Crippen LogP contribution in [0, 0.1) is 0 Å². The second-order valence-electron chi connectivity index (χ2n) is 1.82. The van der Waals surface area contributed by atoms with Crippen LogP contribution in [0.25, 0.3) is 0 Å². The summed E-state index contributed by atoms with van der Waals surface area (Å²) >= 11 is 0. The Kier molecular flexibility index (Phi) is 6.85. The molecule has 8 heavy (non-hydrogen) atoms. The highest BCUT2D eigenvalue weighted by molar-refractivity contribution is 4.29. The molecule has 0 amide bonds. The molecule has 2 nitrogen and oxygen atoms in total. The summed E-state index contributed by atoms with van der Waals surface area (Å²) in [4.78, 5) is 0. The van der Waals surface area contributed by atoms with Gasteiger partial charge in [-0.25, -0.2) is 0 Å². The van der Waals surface area contributed by atoms with Gasteiger partial charge in [-0.15, -0.1) is 0 Å². The summed E-state index contributed by atoms with van der Waals surface area (Å²) in [6, 6.07) is 0. The molecule has 0 aliphatic rings. The maximum atomic E-state index is 5.18. The molecule has 0 radical (unpaired) electrons. The van der Waals surface area contributed by atoms with Crippen LogP contribution in [0.2, 0.25) is 0 Å². The summed E-state index contributed by atoms with van der Waals surface area (Å²) in [5.41, 5.74) is 3.70. The van der Waals surface area contributed by atoms with Crippen molar-refractivity contribution in [2.75, 3.05) is 19.8 Å². The third kappa shape index (κ3) is 5.92. The fourth-order valence-corrected chi connectivity index (χ4v) is 0.451. The van der Waals surface area contributed by atoms with Gasteiger partial charge in [-0.1, -0.05) is 6.92 Å². The maximum Gasteiger partial charge on any atom is 0.0762 e. The first kappa shape index (κ1) is 7.92. The van der Waals surface area contributed by atoms with Gasteiger partial charge in [0.2, 0.25) is 0 Å². The normalized spacial score (nSPS) is 9.75. The molecule has 0 aromatic rings. The minimum atomic E-state index is 0.886. The van der Waals surface area contributed by atoms with E-state index >= 15 is 0 Å². The van der Waals surface area contributed by atoms with Gasteiger partial charge in [-0.05, 0) is 6.42 Å². The molecule has 0 saturated heterocycles. The zero-order valence-electron chi connectivity index (χ0n) is 5.65. The summed E-state index contributed by atoms with van der Waals surface area (Å²) < 4.78 is 5.18. The summed E-state index contributed by atoms with van der Waals surface area (Å²) in [5, 5.41) is 0. The molecule has 0 fully saturated rings. The van der Waals surface area contributed by atoms with Crippen molar-refractivity contribution in [3.8, 4) is 0 Å². The van der Waals surface area contributed by atoms with Crippen LogP contribution < -0.4 is 5.73 Å². The van der Waals surface area contributed by atoms with E-state index in [1.807, 2.05) is 0 Å². The predicted octanol–water partition coefficient (Wildman–Crippen LogP) is 0.0450. The van der Waals surface area contributed by atoms with E-state index < -0.39 is 0 Å². The van der Waals surface area contributed by atoms with Crippen LogP contribution in [0.4, 0.5) is 0 Å². The molecule has 0 unspecified atom stereocenters. The van der Waals surface area contributed by atoms with E-state index in [1.165, 1.54) is 0 Å². The molecule has 3 N–H and O–H groups in total. The molecule has 50 valence electrons. The molecule has 0 spiro atoms. The van der Waals surface area contributed by atoms with Crippen molar-refractivity contribution in [1.29, 1.82) is 0 Å². The van der Waals surface area contributed by atoms with Crippen molar-refractivity contribution in [2.45, 2.75) is 19.8 Å². The first-order chi connectivity index (χ1) is 3.91. The third-order valence-corrected chi connectivity index (χ3v) is 0.887. The Hall–Kier alpha value is -0.0800. The van der Waals surface area contributed by atoms with Crippen LogP contribution in [-0.2, 0) is 4.74 Å². The van der Waals surface area contributed by atoms with Crippen molar-refractivity contribution in [3.05, 3.63) is 0 Å². The lowest BCUT2D eigenvalue weighted by Crippen LogP contribution is -2.50. The lowest BCUT2D eigenvalue weighted by Gasteiger charge is -1.96. The van der Waals surface area contributed by atoms with Gasteiger partial charge in [0.05, 0.1) is 13.2 Å². The van der Waals surface area contributed by atoms with Crippen molar-refractivity contribution >= 4 is 0 Å². The zero-order valence-corrected chi connectivity index (χ0v) is 5.65. The Morgan fingerprint density at radius 3 is 2.62 bits per heavy atom. The number of hydrogen-bond acceptors (Lipinski definition) is 1. The number of hydrogen-bond donors (Lipinski definition) is 1. The Balaban J connectivity index is 2.53. The van der Waals surface area contributed by atoms with Gasteiger partial charge in [0, 0.05) is 13.0 Å². The van der Waals surface area contributed by atoms with Gasteiger partial charge >= 0.3 is 0 Å². The monoisotopic (exact) mass is 118 g/mol. The van der Waals surface area contributed by atoms with Crippen LogP contribution in [0.1, 0.15) is 19.8 Å². The number of quaternary nitrogens is 1. The summed E-state index contributed by atoms with van der Waals surface area (Å²) in [6.07, 6.45) is 2.22. The van der Waals surface area contributed by atoms with E-state index in [1.54, 1.807) is 0 Å². The smallest absolute Gasteiger partial charge is 0.0762 e. The average Bonchev–Trinajstić information content (AvgIpc) is 1.81. The second kappa shape index (κ2) is 6.92. The third-order valence-electron chi connectivity index (χ3n) is 0.887. The first-order valence-corrected chi connectivity index (χ1v) is 3.28. The molecular formula is C6H16NO+. The Morgan fingerprint density at radius 1 is 1.38 bits per heavy atom. The van der Waals surface area contributed by atoms with Crippen LogP contribution in [0.15, 0.2) is 0 Å². The van der Waals surface area contributed by atoms with Gasteiger partial charge in [0.15, 0.2) is 0 Å². The van der Waals surface area contributed by atoms with Crippen LogP contribution in [0.5, 0.6) is 0 Å². The van der Waals surface area contributed by atoms with Gasteiger partial charge < -0.3 is 10.5 Å². The minimum absolute atomic E-state index is 0.886. The van der Waals surface area contributed by atoms with Gasteiger partial charge in [-0.2, -0.15) is 0 Å². The summed E-state index contributed by atoms with van der Waals surface area (Å²) in [5.74, 6) is 0. The molecule has 0 aliphatic heterocycles. The Bertz CT molecular complexity index is 33.5. The van der Waals surface area contributed by atoms with Crippen molar-refractivity contribution < 1.29 is 10.5 Å². The van der Waals surface area contributed by atoms with E-state index in [4.69, 9.17) is 4.74 Å². The fraction of sp³-hybridized carbons (Fsp3) is 1.00. The fourth-order valence-electron chi connectivity index (χ4n) is 0.451. The first-order valence-electron chi connectivity index (χ1n) is 3.28. The molecule has 0 aliphatic carbocycles. The lowest BCUT2D eigenvalue weighted by atomic mass is 10.4. The van der Waals surface area contributed by atoms with Crippen molar-refractivity contribution in [3.63, 3.8) is 0 Å². The van der Waals surface area contributed by atoms with E-state index in [2.05, 4.69) is 12.7 Å². The van der Waals surface area contributed by atoms with Crippen LogP contribution >= 0.6 is 0 Å². The molecule has 0 aromatic carbocycles. The van der Waals surface area contributed by atoms with Crippen molar-refractivity contribution in [2.24, 2.45) is 0 Å². The van der Waals surface area contributed by atoms with E-state index in [0.717, 1.165) is 32.6 Å². The minimum Gasteiger partial charge on any atom is -0.381 e. The average molecular weight is 118 g/mol. The molecule has 0 aromatic heterocycles. The van der Waals surface area contributed by atoms with Crippen LogP contribution in [0.3, 0.4) is 0 Å². The molecule has 2 heteroatoms. The quantitative estimate of drug-likeness (QED) is 0.509. The van der Waals surface area contributed by atoms with Gasteiger partial charge in [-0.3, -0.25) is 0 Å². The Labute approximate surface area is 51.0 Å². The molecule has 0 rings (SSSR count). The van der Waals surface area contributed by atoms with E-state index in [-0.39, 0.29) is 0 Å². The van der Waals surface area contributed by atoms with E-state index in [9.17, 15) is 0 Å². The molecule has 0 atom stereocenters. The Morgan fingerprint density at radius 2 is 2.12 bits per heavy atom. The summed E-state index contributed by atoms with van der Waals surface area (Å²) in [6.45, 7) is 4.89. The highest BCUT2D eigenvalue weighted by atomic mass is 16.5. The molecule has 0 saturated carbocycles. The zero-order chi connectivity index (χ0) is 6.24. The van der Waals surface area contributed by atoms with Gasteiger partial charge in [0.25, 0.3) is 0 Å². The molecular weight excluding hydrogens is 102 g/mol.